The van der Waals surface area contributed by atoms with Gasteiger partial charge in [-0.3, -0.25) is 9.48 Å². The second-order valence-electron chi connectivity index (χ2n) is 7.22. The molecule has 0 radical (unpaired) electrons. The molecular weight excluding hydrogens is 312 g/mol. The molecule has 25 heavy (non-hydrogen) atoms. The van der Waals surface area contributed by atoms with Crippen LogP contribution >= 0.6 is 0 Å². The number of aromatic nitrogens is 2. The maximum absolute atomic E-state index is 13.1. The average molecular weight is 345 g/mol. The van der Waals surface area contributed by atoms with Gasteiger partial charge in [0.2, 0.25) is 0 Å². The molecule has 1 aromatic heterocycles. The lowest BCUT2D eigenvalue weighted by atomic mass is 9.90. The summed E-state index contributed by atoms with van der Waals surface area (Å²) >= 11 is 0. The Bertz CT molecular complexity index is 611. The van der Waals surface area contributed by atoms with Crippen LogP contribution in [0.1, 0.15) is 61.3 Å². The normalized spacial score (nSPS) is 20.6. The van der Waals surface area contributed by atoms with Gasteiger partial charge in [-0.1, -0.05) is 19.9 Å². The molecule has 1 fully saturated rings. The van der Waals surface area contributed by atoms with Gasteiger partial charge >= 0.3 is 0 Å². The zero-order chi connectivity index (χ0) is 17.8. The van der Waals surface area contributed by atoms with Crippen molar-refractivity contribution < 1.29 is 4.79 Å². The zero-order valence-corrected chi connectivity index (χ0v) is 15.8. The lowest BCUT2D eigenvalue weighted by molar-refractivity contribution is 0.0715. The number of allylic oxidation sites excluding steroid dienone is 1. The zero-order valence-electron chi connectivity index (χ0n) is 15.8. The summed E-state index contributed by atoms with van der Waals surface area (Å²) in [4.78, 5) is 17.6. The molecule has 1 aliphatic heterocycles. The van der Waals surface area contributed by atoms with E-state index in [1.807, 2.05) is 15.7 Å². The van der Waals surface area contributed by atoms with E-state index in [0.717, 1.165) is 58.3 Å². The number of hydrogen-bond acceptors (Lipinski definition) is 3. The molecule has 5 heteroatoms. The van der Waals surface area contributed by atoms with Crippen LogP contribution in [-0.2, 0) is 19.4 Å². The minimum atomic E-state index is 0.138. The number of piperidine rings is 1. The number of hydrogen-bond donors (Lipinski definition) is 0. The third-order valence-electron chi connectivity index (χ3n) is 5.80. The van der Waals surface area contributed by atoms with Crippen LogP contribution in [-0.4, -0.2) is 57.7 Å². The monoisotopic (exact) mass is 344 g/mol. The minimum Gasteiger partial charge on any atom is -0.337 e. The number of carbonyl (C=O) groups excluding carboxylic acids is 1. The summed E-state index contributed by atoms with van der Waals surface area (Å²) in [5.41, 5.74) is 3.15. The highest BCUT2D eigenvalue weighted by Crippen LogP contribution is 2.29. The van der Waals surface area contributed by atoms with Crippen LogP contribution in [0.4, 0.5) is 0 Å². The van der Waals surface area contributed by atoms with E-state index in [0.29, 0.717) is 18.3 Å². The summed E-state index contributed by atoms with van der Waals surface area (Å²) in [6.07, 6.45) is 8.44. The van der Waals surface area contributed by atoms with Gasteiger partial charge in [0.1, 0.15) is 0 Å². The Balaban J connectivity index is 1.90. The molecule has 2 aliphatic rings. The summed E-state index contributed by atoms with van der Waals surface area (Å²) in [5, 5.41) is 4.74. The lowest BCUT2D eigenvalue weighted by Gasteiger charge is -2.33. The van der Waals surface area contributed by atoms with E-state index in [9.17, 15) is 4.79 Å². The standard InChI is InChI=1S/C20H32N4O/c1-4-12-24-18-11-10-16(22(5-2)6-3)15-17(18)19(21-24)20(25)23-13-8-7-9-14-23/h4,16H,1,5-15H2,2-3H3/t16-/m1/s1. The first kappa shape index (κ1) is 18.2. The smallest absolute Gasteiger partial charge is 0.274 e. The molecule has 0 N–H and O–H groups in total. The molecule has 0 unspecified atom stereocenters. The van der Waals surface area contributed by atoms with Gasteiger partial charge in [-0.15, -0.1) is 6.58 Å². The number of carbonyl (C=O) groups is 1. The van der Waals surface area contributed by atoms with E-state index in [1.165, 1.54) is 17.7 Å². The first-order valence-corrected chi connectivity index (χ1v) is 9.92. The fourth-order valence-electron chi connectivity index (χ4n) is 4.41. The highest BCUT2D eigenvalue weighted by Gasteiger charge is 2.32. The van der Waals surface area contributed by atoms with Gasteiger partial charge in [0, 0.05) is 30.4 Å². The molecule has 1 atom stereocenters. The number of nitrogens with zero attached hydrogens (tertiary/aromatic N) is 4. The molecule has 1 saturated heterocycles. The van der Waals surface area contributed by atoms with Crippen LogP contribution in [0, 0.1) is 0 Å². The fraction of sp³-hybridized carbons (Fsp3) is 0.700. The predicted molar refractivity (Wildman–Crippen MR) is 101 cm³/mol. The second kappa shape index (κ2) is 8.17. The Hall–Kier alpha value is -1.62. The maximum Gasteiger partial charge on any atom is 0.274 e. The second-order valence-corrected chi connectivity index (χ2v) is 7.22. The van der Waals surface area contributed by atoms with Gasteiger partial charge in [-0.25, -0.2) is 0 Å². The van der Waals surface area contributed by atoms with Crippen molar-refractivity contribution in [3.63, 3.8) is 0 Å². The third-order valence-corrected chi connectivity index (χ3v) is 5.80. The first-order valence-electron chi connectivity index (χ1n) is 9.92. The first-order chi connectivity index (χ1) is 12.2. The molecule has 1 aliphatic carbocycles. The summed E-state index contributed by atoms with van der Waals surface area (Å²) in [5.74, 6) is 0.138. The van der Waals surface area contributed by atoms with Crippen LogP contribution in [0.25, 0.3) is 0 Å². The van der Waals surface area contributed by atoms with E-state index in [4.69, 9.17) is 5.10 Å². The predicted octanol–water partition coefficient (Wildman–Crippen LogP) is 2.89. The van der Waals surface area contributed by atoms with Crippen molar-refractivity contribution in [2.24, 2.45) is 0 Å². The Morgan fingerprint density at radius 2 is 2.00 bits per heavy atom. The van der Waals surface area contributed by atoms with Crippen LogP contribution in [0.2, 0.25) is 0 Å². The summed E-state index contributed by atoms with van der Waals surface area (Å²) in [7, 11) is 0. The number of likely N-dealkylation sites (tertiary alicyclic amines) is 1. The number of rotatable bonds is 6. The van der Waals surface area contributed by atoms with Crippen molar-refractivity contribution in [1.29, 1.82) is 0 Å². The summed E-state index contributed by atoms with van der Waals surface area (Å²) in [6, 6.07) is 0.525. The van der Waals surface area contributed by atoms with Gasteiger partial charge in [-0.05, 0) is 51.6 Å². The van der Waals surface area contributed by atoms with Gasteiger partial charge in [-0.2, -0.15) is 5.10 Å². The Labute approximate surface area is 151 Å². The molecule has 1 amide bonds. The number of likely N-dealkylation sites (N-methyl/N-ethyl adjacent to an activating group) is 1. The van der Waals surface area contributed by atoms with Crippen molar-refractivity contribution in [2.75, 3.05) is 26.2 Å². The van der Waals surface area contributed by atoms with Crippen molar-refractivity contribution >= 4 is 5.91 Å². The van der Waals surface area contributed by atoms with Crippen LogP contribution in [0.5, 0.6) is 0 Å². The van der Waals surface area contributed by atoms with Crippen molar-refractivity contribution in [1.82, 2.24) is 19.6 Å². The van der Waals surface area contributed by atoms with Gasteiger partial charge < -0.3 is 9.80 Å². The van der Waals surface area contributed by atoms with Crippen LogP contribution < -0.4 is 0 Å². The molecule has 1 aromatic rings. The molecule has 0 aromatic carbocycles. The summed E-state index contributed by atoms with van der Waals surface area (Å²) < 4.78 is 2.01. The number of amides is 1. The van der Waals surface area contributed by atoms with Crippen molar-refractivity contribution in [3.8, 4) is 0 Å². The van der Waals surface area contributed by atoms with E-state index >= 15 is 0 Å². The molecule has 138 valence electrons. The van der Waals surface area contributed by atoms with E-state index in [-0.39, 0.29) is 5.91 Å². The SMILES string of the molecule is C=CCn1nc(C(=O)N2CCCCC2)c2c1CC[C@@H](N(CC)CC)C2. The van der Waals surface area contributed by atoms with E-state index < -0.39 is 0 Å². The summed E-state index contributed by atoms with van der Waals surface area (Å²) in [6.45, 7) is 12.9. The highest BCUT2D eigenvalue weighted by molar-refractivity contribution is 5.94. The molecule has 0 bridgehead atoms. The topological polar surface area (TPSA) is 41.4 Å². The average Bonchev–Trinajstić information content (AvgIpc) is 3.01. The third kappa shape index (κ3) is 3.66. The molecule has 0 spiro atoms. The van der Waals surface area contributed by atoms with Crippen molar-refractivity contribution in [3.05, 3.63) is 29.6 Å². The molecule has 2 heterocycles. The van der Waals surface area contributed by atoms with Crippen LogP contribution in [0.3, 0.4) is 0 Å². The Kier molecular flexibility index (Phi) is 5.94. The molecular formula is C20H32N4O. The van der Waals surface area contributed by atoms with Gasteiger partial charge in [0.05, 0.1) is 6.54 Å². The maximum atomic E-state index is 13.1. The minimum absolute atomic E-state index is 0.138. The molecule has 3 rings (SSSR count). The van der Waals surface area contributed by atoms with Crippen LogP contribution in [0.15, 0.2) is 12.7 Å². The van der Waals surface area contributed by atoms with Crippen molar-refractivity contribution in [2.45, 2.75) is 65.0 Å². The molecule has 5 nitrogen and oxygen atoms in total. The Morgan fingerprint density at radius 3 is 2.64 bits per heavy atom. The largest absolute Gasteiger partial charge is 0.337 e. The molecule has 0 saturated carbocycles. The number of fused-ring (bicyclic) bond motifs is 1. The van der Waals surface area contributed by atoms with E-state index in [2.05, 4.69) is 25.3 Å². The lowest BCUT2D eigenvalue weighted by Crippen LogP contribution is -2.40. The highest BCUT2D eigenvalue weighted by atomic mass is 16.2. The van der Waals surface area contributed by atoms with Gasteiger partial charge in [0.25, 0.3) is 5.91 Å². The van der Waals surface area contributed by atoms with Gasteiger partial charge in [0.15, 0.2) is 5.69 Å². The Morgan fingerprint density at radius 1 is 1.28 bits per heavy atom. The fourth-order valence-corrected chi connectivity index (χ4v) is 4.41. The quantitative estimate of drug-likeness (QED) is 0.745. The van der Waals surface area contributed by atoms with E-state index in [1.54, 1.807) is 0 Å².